The number of hydrogen-bond acceptors (Lipinski definition) is 5. The Morgan fingerprint density at radius 1 is 1.14 bits per heavy atom. The zero-order chi connectivity index (χ0) is 14.7. The van der Waals surface area contributed by atoms with E-state index in [0.717, 1.165) is 22.6 Å². The maximum absolute atomic E-state index is 5.64. The van der Waals surface area contributed by atoms with Crippen LogP contribution in [0.15, 0.2) is 49.1 Å². The van der Waals surface area contributed by atoms with Crippen molar-refractivity contribution in [1.29, 1.82) is 0 Å². The third-order valence-electron chi connectivity index (χ3n) is 3.09. The molecule has 2 heterocycles. The van der Waals surface area contributed by atoms with E-state index in [2.05, 4.69) is 15.1 Å². The number of nitrogens with two attached hydrogens (primary N) is 1. The van der Waals surface area contributed by atoms with Gasteiger partial charge in [0, 0.05) is 11.8 Å². The van der Waals surface area contributed by atoms with Crippen LogP contribution in [0.3, 0.4) is 0 Å². The standard InChI is InChI=1S/C15H15N5O/c1-21-13-4-2-11(3-5-13)9-20-10-12(6-18-20)14-7-17-8-15(16)19-14/h2-8,10H,9H2,1H3,(H2,16,19). The highest BCUT2D eigenvalue weighted by Gasteiger charge is 2.05. The molecule has 0 atom stereocenters. The number of nitrogens with zero attached hydrogens (tertiary/aromatic N) is 4. The topological polar surface area (TPSA) is 78.9 Å². The van der Waals surface area contributed by atoms with Crippen molar-refractivity contribution in [3.63, 3.8) is 0 Å². The minimum Gasteiger partial charge on any atom is -0.497 e. The van der Waals surface area contributed by atoms with Crippen molar-refractivity contribution in [3.05, 3.63) is 54.6 Å². The fraction of sp³-hybridized carbons (Fsp3) is 0.133. The fourth-order valence-electron chi connectivity index (χ4n) is 2.02. The molecule has 6 nitrogen and oxygen atoms in total. The molecule has 0 radical (unpaired) electrons. The molecule has 106 valence electrons. The first-order chi connectivity index (χ1) is 10.2. The number of rotatable bonds is 4. The number of benzene rings is 1. The third kappa shape index (κ3) is 3.00. The Kier molecular flexibility index (Phi) is 3.51. The summed E-state index contributed by atoms with van der Waals surface area (Å²) >= 11 is 0. The summed E-state index contributed by atoms with van der Waals surface area (Å²) in [4.78, 5) is 8.27. The molecule has 0 unspecified atom stereocenters. The first-order valence-electron chi connectivity index (χ1n) is 6.48. The molecule has 0 spiro atoms. The molecule has 0 aliphatic rings. The van der Waals surface area contributed by atoms with E-state index in [1.165, 1.54) is 6.20 Å². The summed E-state index contributed by atoms with van der Waals surface area (Å²) in [6.07, 6.45) is 6.87. The van der Waals surface area contributed by atoms with Crippen LogP contribution in [-0.2, 0) is 6.54 Å². The molecule has 6 heteroatoms. The monoisotopic (exact) mass is 281 g/mol. The molecule has 0 aliphatic carbocycles. The van der Waals surface area contributed by atoms with E-state index in [-0.39, 0.29) is 0 Å². The van der Waals surface area contributed by atoms with Gasteiger partial charge in [-0.15, -0.1) is 0 Å². The highest BCUT2D eigenvalue weighted by atomic mass is 16.5. The SMILES string of the molecule is COc1ccc(Cn2cc(-c3cncc(N)n3)cn2)cc1. The van der Waals surface area contributed by atoms with Gasteiger partial charge in [0.25, 0.3) is 0 Å². The fourth-order valence-corrected chi connectivity index (χ4v) is 2.02. The van der Waals surface area contributed by atoms with Crippen LogP contribution in [0.25, 0.3) is 11.3 Å². The van der Waals surface area contributed by atoms with E-state index < -0.39 is 0 Å². The third-order valence-corrected chi connectivity index (χ3v) is 3.09. The number of methoxy groups -OCH3 is 1. The van der Waals surface area contributed by atoms with Crippen LogP contribution in [0.1, 0.15) is 5.56 Å². The summed E-state index contributed by atoms with van der Waals surface area (Å²) < 4.78 is 6.99. The van der Waals surface area contributed by atoms with Crippen molar-refractivity contribution in [2.24, 2.45) is 0 Å². The van der Waals surface area contributed by atoms with E-state index in [9.17, 15) is 0 Å². The Hall–Kier alpha value is -2.89. The molecule has 0 aliphatic heterocycles. The molecule has 21 heavy (non-hydrogen) atoms. The second kappa shape index (κ2) is 5.62. The van der Waals surface area contributed by atoms with Gasteiger partial charge in [0.05, 0.1) is 37.9 Å². The van der Waals surface area contributed by atoms with Gasteiger partial charge in [-0.05, 0) is 17.7 Å². The smallest absolute Gasteiger partial charge is 0.142 e. The van der Waals surface area contributed by atoms with Gasteiger partial charge in [-0.2, -0.15) is 5.10 Å². The molecule has 3 aromatic rings. The maximum atomic E-state index is 5.64. The normalized spacial score (nSPS) is 10.5. The van der Waals surface area contributed by atoms with Crippen LogP contribution in [0, 0.1) is 0 Å². The first-order valence-corrected chi connectivity index (χ1v) is 6.48. The molecule has 0 fully saturated rings. The van der Waals surface area contributed by atoms with E-state index >= 15 is 0 Å². The van der Waals surface area contributed by atoms with E-state index in [1.807, 2.05) is 35.1 Å². The van der Waals surface area contributed by atoms with Gasteiger partial charge >= 0.3 is 0 Å². The van der Waals surface area contributed by atoms with Crippen molar-refractivity contribution in [2.45, 2.75) is 6.54 Å². The average molecular weight is 281 g/mol. The first kappa shape index (κ1) is 13.1. The average Bonchev–Trinajstić information content (AvgIpc) is 2.97. The van der Waals surface area contributed by atoms with Gasteiger partial charge in [-0.25, -0.2) is 4.98 Å². The zero-order valence-electron chi connectivity index (χ0n) is 11.6. The van der Waals surface area contributed by atoms with Gasteiger partial charge in [-0.1, -0.05) is 12.1 Å². The molecule has 0 saturated heterocycles. The van der Waals surface area contributed by atoms with E-state index in [0.29, 0.717) is 12.4 Å². The van der Waals surface area contributed by atoms with Gasteiger partial charge in [0.2, 0.25) is 0 Å². The number of hydrogen-bond donors (Lipinski definition) is 1. The predicted molar refractivity (Wildman–Crippen MR) is 79.8 cm³/mol. The van der Waals surface area contributed by atoms with Crippen LogP contribution in [0.4, 0.5) is 5.82 Å². The van der Waals surface area contributed by atoms with E-state index in [4.69, 9.17) is 10.5 Å². The summed E-state index contributed by atoms with van der Waals surface area (Å²) in [7, 11) is 1.65. The summed E-state index contributed by atoms with van der Waals surface area (Å²) in [5.41, 5.74) is 8.39. The Morgan fingerprint density at radius 2 is 1.95 bits per heavy atom. The number of nitrogen functional groups attached to an aromatic ring is 1. The summed E-state index contributed by atoms with van der Waals surface area (Å²) in [5.74, 6) is 1.24. The van der Waals surface area contributed by atoms with Crippen LogP contribution >= 0.6 is 0 Å². The van der Waals surface area contributed by atoms with Gasteiger partial charge in [0.15, 0.2) is 0 Å². The molecule has 3 rings (SSSR count). The molecule has 0 saturated carbocycles. The summed E-state index contributed by atoms with van der Waals surface area (Å²) in [6.45, 7) is 0.680. The molecule has 1 aromatic carbocycles. The lowest BCUT2D eigenvalue weighted by Crippen LogP contribution is -1.99. The largest absolute Gasteiger partial charge is 0.497 e. The van der Waals surface area contributed by atoms with Gasteiger partial charge in [0.1, 0.15) is 11.6 Å². The lowest BCUT2D eigenvalue weighted by Gasteiger charge is -2.03. The number of anilines is 1. The molecular weight excluding hydrogens is 266 g/mol. The summed E-state index contributed by atoms with van der Waals surface area (Å²) in [5, 5.41) is 4.34. The molecule has 0 bridgehead atoms. The van der Waals surface area contributed by atoms with Crippen LogP contribution in [0.5, 0.6) is 5.75 Å². The molecule has 2 aromatic heterocycles. The Morgan fingerprint density at radius 3 is 2.67 bits per heavy atom. The predicted octanol–water partition coefficient (Wildman–Crippen LogP) is 1.98. The Balaban J connectivity index is 1.78. The highest BCUT2D eigenvalue weighted by molar-refractivity contribution is 5.57. The number of ether oxygens (including phenoxy) is 1. The second-order valence-corrected chi connectivity index (χ2v) is 4.60. The Bertz CT molecular complexity index is 736. The minimum atomic E-state index is 0.399. The van der Waals surface area contributed by atoms with Crippen molar-refractivity contribution in [1.82, 2.24) is 19.7 Å². The van der Waals surface area contributed by atoms with E-state index in [1.54, 1.807) is 19.5 Å². The van der Waals surface area contributed by atoms with Crippen molar-refractivity contribution < 1.29 is 4.74 Å². The zero-order valence-corrected chi connectivity index (χ0v) is 11.6. The second-order valence-electron chi connectivity index (χ2n) is 4.60. The Labute approximate surface area is 122 Å². The minimum absolute atomic E-state index is 0.399. The number of aromatic nitrogens is 4. The van der Waals surface area contributed by atoms with Crippen molar-refractivity contribution >= 4 is 5.82 Å². The van der Waals surface area contributed by atoms with Crippen LogP contribution < -0.4 is 10.5 Å². The molecular formula is C15H15N5O. The van der Waals surface area contributed by atoms with Crippen LogP contribution in [0.2, 0.25) is 0 Å². The van der Waals surface area contributed by atoms with Crippen molar-refractivity contribution in [3.8, 4) is 17.0 Å². The maximum Gasteiger partial charge on any atom is 0.142 e. The molecule has 2 N–H and O–H groups in total. The summed E-state index contributed by atoms with van der Waals surface area (Å²) in [6, 6.07) is 7.90. The quantitative estimate of drug-likeness (QED) is 0.791. The lowest BCUT2D eigenvalue weighted by atomic mass is 10.2. The van der Waals surface area contributed by atoms with Crippen molar-refractivity contribution in [2.75, 3.05) is 12.8 Å². The van der Waals surface area contributed by atoms with Gasteiger partial charge in [-0.3, -0.25) is 9.67 Å². The lowest BCUT2D eigenvalue weighted by molar-refractivity contribution is 0.414. The highest BCUT2D eigenvalue weighted by Crippen LogP contribution is 2.17. The van der Waals surface area contributed by atoms with Crippen LogP contribution in [-0.4, -0.2) is 26.9 Å². The van der Waals surface area contributed by atoms with Gasteiger partial charge < -0.3 is 10.5 Å². The molecule has 0 amide bonds.